The highest BCUT2D eigenvalue weighted by Gasteiger charge is 2.44. The van der Waals surface area contributed by atoms with E-state index in [2.05, 4.69) is 25.9 Å². The molecule has 2 aromatic heterocycles. The first kappa shape index (κ1) is 13.5. The van der Waals surface area contributed by atoms with E-state index in [4.69, 9.17) is 4.74 Å². The number of nitrogens with zero attached hydrogens (tertiary/aromatic N) is 4. The van der Waals surface area contributed by atoms with E-state index in [0.29, 0.717) is 17.9 Å². The number of pyridine rings is 1. The summed E-state index contributed by atoms with van der Waals surface area (Å²) in [5.74, 6) is 3.21. The number of ether oxygens (including phenoxy) is 1. The maximum atomic E-state index is 6.18. The standard InChI is InChI=1S/C17H20N4O/c1-12-7-17(20-11-19-12)21-9-13-4-5-16(15(13)10-21)22-14-3-2-6-18-8-14/h2-3,6-8,11,13,15-16H,4-5,9-10H2,1H3/t13-,15+,16-/m1/s1. The molecule has 5 heteroatoms. The molecule has 0 N–H and O–H groups in total. The lowest BCUT2D eigenvalue weighted by atomic mass is 9.99. The Balaban J connectivity index is 1.47. The number of aryl methyl sites for hydroxylation is 1. The highest BCUT2D eigenvalue weighted by atomic mass is 16.5. The monoisotopic (exact) mass is 296 g/mol. The Morgan fingerprint density at radius 1 is 1.23 bits per heavy atom. The molecule has 0 spiro atoms. The van der Waals surface area contributed by atoms with Crippen molar-refractivity contribution in [1.29, 1.82) is 0 Å². The molecule has 1 aliphatic carbocycles. The molecule has 114 valence electrons. The Kier molecular flexibility index (Phi) is 3.41. The predicted octanol–water partition coefficient (Wildman–Crippen LogP) is 2.47. The van der Waals surface area contributed by atoms with Crippen molar-refractivity contribution >= 4 is 5.82 Å². The molecule has 0 bridgehead atoms. The van der Waals surface area contributed by atoms with Crippen molar-refractivity contribution in [1.82, 2.24) is 15.0 Å². The van der Waals surface area contributed by atoms with E-state index in [-0.39, 0.29) is 0 Å². The average molecular weight is 296 g/mol. The van der Waals surface area contributed by atoms with E-state index in [1.165, 1.54) is 6.42 Å². The molecule has 0 unspecified atom stereocenters. The van der Waals surface area contributed by atoms with Gasteiger partial charge < -0.3 is 9.64 Å². The summed E-state index contributed by atoms with van der Waals surface area (Å²) >= 11 is 0. The summed E-state index contributed by atoms with van der Waals surface area (Å²) in [4.78, 5) is 15.1. The summed E-state index contributed by atoms with van der Waals surface area (Å²) < 4.78 is 6.18. The minimum absolute atomic E-state index is 0.294. The first-order chi connectivity index (χ1) is 10.8. The van der Waals surface area contributed by atoms with E-state index < -0.39 is 0 Å². The van der Waals surface area contributed by atoms with Gasteiger partial charge in [0.25, 0.3) is 0 Å². The van der Waals surface area contributed by atoms with Crippen LogP contribution in [0.5, 0.6) is 5.75 Å². The molecule has 2 fully saturated rings. The maximum absolute atomic E-state index is 6.18. The maximum Gasteiger partial charge on any atom is 0.138 e. The zero-order valence-corrected chi connectivity index (χ0v) is 12.7. The number of fused-ring (bicyclic) bond motifs is 1. The van der Waals surface area contributed by atoms with Crippen LogP contribution in [0.1, 0.15) is 18.5 Å². The van der Waals surface area contributed by atoms with Crippen molar-refractivity contribution in [2.45, 2.75) is 25.9 Å². The summed E-state index contributed by atoms with van der Waals surface area (Å²) in [7, 11) is 0. The van der Waals surface area contributed by atoms with Gasteiger partial charge in [-0.15, -0.1) is 0 Å². The van der Waals surface area contributed by atoms with Gasteiger partial charge in [0.15, 0.2) is 0 Å². The van der Waals surface area contributed by atoms with Crippen molar-refractivity contribution in [2.24, 2.45) is 11.8 Å². The molecule has 2 aliphatic rings. The Morgan fingerprint density at radius 3 is 3.00 bits per heavy atom. The van der Waals surface area contributed by atoms with Gasteiger partial charge >= 0.3 is 0 Å². The van der Waals surface area contributed by atoms with Crippen LogP contribution in [0.25, 0.3) is 0 Å². The Bertz CT molecular complexity index is 648. The summed E-state index contributed by atoms with van der Waals surface area (Å²) in [6, 6.07) is 5.98. The summed E-state index contributed by atoms with van der Waals surface area (Å²) in [6.07, 6.45) is 7.90. The topological polar surface area (TPSA) is 51.1 Å². The Labute approximate surface area is 130 Å². The van der Waals surface area contributed by atoms with Crippen molar-refractivity contribution in [2.75, 3.05) is 18.0 Å². The fourth-order valence-electron chi connectivity index (χ4n) is 3.75. The predicted molar refractivity (Wildman–Crippen MR) is 83.8 cm³/mol. The molecule has 5 nitrogen and oxygen atoms in total. The van der Waals surface area contributed by atoms with Gasteiger partial charge in [-0.2, -0.15) is 0 Å². The third kappa shape index (κ3) is 2.51. The van der Waals surface area contributed by atoms with Gasteiger partial charge in [0.05, 0.1) is 6.20 Å². The second kappa shape index (κ2) is 5.55. The highest BCUT2D eigenvalue weighted by Crippen LogP contribution is 2.41. The van der Waals surface area contributed by atoms with Gasteiger partial charge in [0.1, 0.15) is 24.0 Å². The number of aromatic nitrogens is 3. The molecule has 3 heterocycles. The first-order valence-electron chi connectivity index (χ1n) is 7.90. The molecule has 1 saturated heterocycles. The second-order valence-corrected chi connectivity index (χ2v) is 6.27. The highest BCUT2D eigenvalue weighted by molar-refractivity contribution is 5.41. The van der Waals surface area contributed by atoms with Crippen LogP contribution in [0, 0.1) is 18.8 Å². The van der Waals surface area contributed by atoms with Crippen molar-refractivity contribution in [3.8, 4) is 5.75 Å². The first-order valence-corrected chi connectivity index (χ1v) is 7.90. The fraction of sp³-hybridized carbons (Fsp3) is 0.471. The number of hydrogen-bond acceptors (Lipinski definition) is 5. The summed E-state index contributed by atoms with van der Waals surface area (Å²) in [5, 5.41) is 0. The molecule has 4 rings (SSSR count). The number of rotatable bonds is 3. The smallest absolute Gasteiger partial charge is 0.138 e. The third-order valence-corrected chi connectivity index (χ3v) is 4.83. The van der Waals surface area contributed by atoms with Crippen LogP contribution in [-0.4, -0.2) is 34.1 Å². The number of anilines is 1. The van der Waals surface area contributed by atoms with Crippen LogP contribution in [-0.2, 0) is 0 Å². The minimum Gasteiger partial charge on any atom is -0.488 e. The quantitative estimate of drug-likeness (QED) is 0.871. The van der Waals surface area contributed by atoms with Crippen LogP contribution in [0.2, 0.25) is 0 Å². The van der Waals surface area contributed by atoms with E-state index in [1.54, 1.807) is 18.7 Å². The Morgan fingerprint density at radius 2 is 2.18 bits per heavy atom. The summed E-state index contributed by atoms with van der Waals surface area (Å²) in [5.41, 5.74) is 1.02. The van der Waals surface area contributed by atoms with Gasteiger partial charge in [-0.25, -0.2) is 9.97 Å². The van der Waals surface area contributed by atoms with E-state index >= 15 is 0 Å². The molecule has 2 aromatic rings. The van der Waals surface area contributed by atoms with Gasteiger partial charge in [-0.3, -0.25) is 4.98 Å². The molecule has 0 aromatic carbocycles. The van der Waals surface area contributed by atoms with Gasteiger partial charge in [0.2, 0.25) is 0 Å². The van der Waals surface area contributed by atoms with Crippen LogP contribution < -0.4 is 9.64 Å². The SMILES string of the molecule is Cc1cc(N2C[C@H]3CC[C@@H](Oc4cccnc4)[C@H]3C2)ncn1. The lowest BCUT2D eigenvalue weighted by Crippen LogP contribution is -2.28. The van der Waals surface area contributed by atoms with Crippen LogP contribution in [0.15, 0.2) is 36.9 Å². The molecule has 0 amide bonds. The normalized spacial score (nSPS) is 27.0. The largest absolute Gasteiger partial charge is 0.488 e. The van der Waals surface area contributed by atoms with Gasteiger partial charge in [0, 0.05) is 37.0 Å². The van der Waals surface area contributed by atoms with Crippen LogP contribution >= 0.6 is 0 Å². The fourth-order valence-corrected chi connectivity index (χ4v) is 3.75. The molecule has 3 atom stereocenters. The minimum atomic E-state index is 0.294. The molecule has 0 radical (unpaired) electrons. The lowest BCUT2D eigenvalue weighted by Gasteiger charge is -2.22. The van der Waals surface area contributed by atoms with Crippen LogP contribution in [0.4, 0.5) is 5.82 Å². The number of hydrogen-bond donors (Lipinski definition) is 0. The van der Waals surface area contributed by atoms with Gasteiger partial charge in [-0.05, 0) is 37.8 Å². The molecule has 1 saturated carbocycles. The van der Waals surface area contributed by atoms with E-state index in [1.807, 2.05) is 19.1 Å². The molecule has 1 aliphatic heterocycles. The van der Waals surface area contributed by atoms with Crippen molar-refractivity contribution in [3.63, 3.8) is 0 Å². The molecule has 22 heavy (non-hydrogen) atoms. The lowest BCUT2D eigenvalue weighted by molar-refractivity contribution is 0.158. The molecular weight excluding hydrogens is 276 g/mol. The Hall–Kier alpha value is -2.17. The zero-order valence-electron chi connectivity index (χ0n) is 12.7. The zero-order chi connectivity index (χ0) is 14.9. The average Bonchev–Trinajstić information content (AvgIpc) is 3.11. The van der Waals surface area contributed by atoms with E-state index in [9.17, 15) is 0 Å². The van der Waals surface area contributed by atoms with E-state index in [0.717, 1.165) is 36.8 Å². The summed E-state index contributed by atoms with van der Waals surface area (Å²) in [6.45, 7) is 4.11. The third-order valence-electron chi connectivity index (χ3n) is 4.83. The van der Waals surface area contributed by atoms with Crippen LogP contribution in [0.3, 0.4) is 0 Å². The van der Waals surface area contributed by atoms with Gasteiger partial charge in [-0.1, -0.05) is 0 Å². The second-order valence-electron chi connectivity index (χ2n) is 6.27. The molecular formula is C17H20N4O. The van der Waals surface area contributed by atoms with Crippen molar-refractivity contribution < 1.29 is 4.74 Å². The van der Waals surface area contributed by atoms with Crippen molar-refractivity contribution in [3.05, 3.63) is 42.6 Å².